The van der Waals surface area contributed by atoms with E-state index in [1.54, 1.807) is 0 Å². The van der Waals surface area contributed by atoms with E-state index in [-0.39, 0.29) is 18.7 Å². The van der Waals surface area contributed by atoms with Crippen LogP contribution in [0.4, 0.5) is 5.69 Å². The van der Waals surface area contributed by atoms with Crippen molar-refractivity contribution < 1.29 is 24.7 Å². The molecule has 11 heteroatoms. The number of nitrogens with two attached hydrogens (primary N) is 2. The second-order valence-corrected chi connectivity index (χ2v) is 7.24. The fourth-order valence-electron chi connectivity index (χ4n) is 2.93. The number of aliphatic hydroxyl groups is 2. The summed E-state index contributed by atoms with van der Waals surface area (Å²) in [6.07, 6.45) is -0.934. The van der Waals surface area contributed by atoms with Crippen LogP contribution >= 0.6 is 0 Å². The van der Waals surface area contributed by atoms with Crippen LogP contribution in [0.3, 0.4) is 0 Å². The number of carbonyl (C=O) groups is 2. The molecule has 0 aromatic heterocycles. The number of aliphatic hydroxyl groups excluding tert-OH is 2. The Labute approximate surface area is 184 Å². The molecule has 172 valence electrons. The highest BCUT2D eigenvalue weighted by Gasteiger charge is 2.25. The van der Waals surface area contributed by atoms with Gasteiger partial charge in [0.1, 0.15) is 6.04 Å². The minimum absolute atomic E-state index is 0.130. The third kappa shape index (κ3) is 7.10. The number of benzene rings is 2. The molecule has 8 N–H and O–H groups in total. The fraction of sp³-hybridized carbons (Fsp3) is 0.333. The van der Waals surface area contributed by atoms with Gasteiger partial charge in [0.15, 0.2) is 0 Å². The fourth-order valence-corrected chi connectivity index (χ4v) is 2.93. The highest BCUT2D eigenvalue weighted by Crippen LogP contribution is 2.19. The van der Waals surface area contributed by atoms with Crippen LogP contribution in [0.2, 0.25) is 0 Å². The lowest BCUT2D eigenvalue weighted by atomic mass is 10.0. The summed E-state index contributed by atoms with van der Waals surface area (Å²) in [5.41, 5.74) is 12.9. The van der Waals surface area contributed by atoms with Gasteiger partial charge >= 0.3 is 0 Å². The van der Waals surface area contributed by atoms with E-state index >= 15 is 0 Å². The van der Waals surface area contributed by atoms with Gasteiger partial charge in [-0.05, 0) is 29.7 Å². The second kappa shape index (κ2) is 11.9. The summed E-state index contributed by atoms with van der Waals surface area (Å²) in [6.45, 7) is -0.824. The molecule has 0 aliphatic carbocycles. The Kier molecular flexibility index (Phi) is 9.22. The number of rotatable bonds is 11. The smallest absolute Gasteiger partial charge is 0.269 e. The highest BCUT2D eigenvalue weighted by atomic mass is 16.6. The summed E-state index contributed by atoms with van der Waals surface area (Å²) in [5.74, 6) is -1.29. The van der Waals surface area contributed by atoms with E-state index in [1.807, 2.05) is 30.3 Å². The molecule has 32 heavy (non-hydrogen) atoms. The average Bonchev–Trinajstić information content (AvgIpc) is 2.80. The molecule has 2 aromatic carbocycles. The van der Waals surface area contributed by atoms with Crippen LogP contribution in [0.5, 0.6) is 0 Å². The third-order valence-corrected chi connectivity index (χ3v) is 4.81. The lowest BCUT2D eigenvalue weighted by Crippen LogP contribution is -2.55. The van der Waals surface area contributed by atoms with Gasteiger partial charge in [0.2, 0.25) is 11.8 Å². The number of nitro benzene ring substituents is 1. The van der Waals surface area contributed by atoms with E-state index in [2.05, 4.69) is 10.6 Å². The first kappa shape index (κ1) is 24.9. The standard InChI is InChI=1S/C21H27N5O6/c22-16(10-13-4-2-1-3-5-13)20(29)25-18(12-27)21(30)24-11-17(23)19(28)14-6-8-15(9-7-14)26(31)32/h1-9,16-19,27-28H,10-12,22-23H2,(H,24,30)(H,25,29)/t16-,17+,18+,19+/m1/s1. The van der Waals surface area contributed by atoms with Crippen LogP contribution in [-0.2, 0) is 16.0 Å². The van der Waals surface area contributed by atoms with E-state index in [0.29, 0.717) is 5.56 Å². The van der Waals surface area contributed by atoms with Gasteiger partial charge in [0.25, 0.3) is 5.69 Å². The predicted molar refractivity (Wildman–Crippen MR) is 116 cm³/mol. The Morgan fingerprint density at radius 3 is 2.22 bits per heavy atom. The van der Waals surface area contributed by atoms with Gasteiger partial charge in [-0.3, -0.25) is 19.7 Å². The van der Waals surface area contributed by atoms with E-state index in [0.717, 1.165) is 5.56 Å². The summed E-state index contributed by atoms with van der Waals surface area (Å²) >= 11 is 0. The minimum Gasteiger partial charge on any atom is -0.394 e. The van der Waals surface area contributed by atoms with Crippen LogP contribution < -0.4 is 22.1 Å². The number of non-ortho nitro benzene ring substituents is 1. The maximum absolute atomic E-state index is 12.3. The van der Waals surface area contributed by atoms with Crippen LogP contribution in [0, 0.1) is 10.1 Å². The van der Waals surface area contributed by atoms with E-state index < -0.39 is 47.6 Å². The Hall–Kier alpha value is -3.38. The molecule has 11 nitrogen and oxygen atoms in total. The van der Waals surface area contributed by atoms with Crippen molar-refractivity contribution in [3.8, 4) is 0 Å². The van der Waals surface area contributed by atoms with Crippen molar-refractivity contribution in [1.29, 1.82) is 0 Å². The molecule has 2 amide bonds. The topological polar surface area (TPSA) is 194 Å². The first-order chi connectivity index (χ1) is 15.2. The lowest BCUT2D eigenvalue weighted by molar-refractivity contribution is -0.384. The summed E-state index contributed by atoms with van der Waals surface area (Å²) in [4.78, 5) is 34.8. The Morgan fingerprint density at radius 1 is 1.03 bits per heavy atom. The Balaban J connectivity index is 1.86. The minimum atomic E-state index is -1.24. The number of carbonyl (C=O) groups excluding carboxylic acids is 2. The van der Waals surface area contributed by atoms with Gasteiger partial charge in [-0.15, -0.1) is 0 Å². The van der Waals surface area contributed by atoms with Crippen molar-refractivity contribution in [3.63, 3.8) is 0 Å². The monoisotopic (exact) mass is 445 g/mol. The largest absolute Gasteiger partial charge is 0.394 e. The maximum Gasteiger partial charge on any atom is 0.269 e. The number of nitrogens with zero attached hydrogens (tertiary/aromatic N) is 1. The van der Waals surface area contributed by atoms with Crippen molar-refractivity contribution in [3.05, 3.63) is 75.8 Å². The van der Waals surface area contributed by atoms with Crippen molar-refractivity contribution >= 4 is 17.5 Å². The van der Waals surface area contributed by atoms with Crippen LogP contribution in [0.25, 0.3) is 0 Å². The van der Waals surface area contributed by atoms with Crippen molar-refractivity contribution in [1.82, 2.24) is 10.6 Å². The molecule has 0 fully saturated rings. The lowest BCUT2D eigenvalue weighted by Gasteiger charge is -2.22. The molecule has 0 saturated heterocycles. The van der Waals surface area contributed by atoms with E-state index in [9.17, 15) is 29.9 Å². The quantitative estimate of drug-likeness (QED) is 0.189. The molecule has 0 radical (unpaired) electrons. The van der Waals surface area contributed by atoms with Gasteiger partial charge in [-0.2, -0.15) is 0 Å². The van der Waals surface area contributed by atoms with Gasteiger partial charge in [0, 0.05) is 18.7 Å². The van der Waals surface area contributed by atoms with Crippen molar-refractivity contribution in [2.24, 2.45) is 11.5 Å². The van der Waals surface area contributed by atoms with Gasteiger partial charge in [-0.25, -0.2) is 0 Å². The molecule has 4 atom stereocenters. The number of hydrogen-bond donors (Lipinski definition) is 6. The summed E-state index contributed by atoms with van der Waals surface area (Å²) in [6, 6.07) is 11.2. The Morgan fingerprint density at radius 2 is 1.66 bits per heavy atom. The zero-order valence-corrected chi connectivity index (χ0v) is 17.3. The molecule has 0 bridgehead atoms. The van der Waals surface area contributed by atoms with Crippen LogP contribution in [-0.4, -0.2) is 58.2 Å². The average molecular weight is 445 g/mol. The molecule has 0 unspecified atom stereocenters. The van der Waals surface area contributed by atoms with Crippen molar-refractivity contribution in [2.45, 2.75) is 30.7 Å². The molecule has 0 aliphatic rings. The highest BCUT2D eigenvalue weighted by molar-refractivity contribution is 5.89. The van der Waals surface area contributed by atoms with Crippen LogP contribution in [0.1, 0.15) is 17.2 Å². The number of amides is 2. The zero-order chi connectivity index (χ0) is 23.7. The predicted octanol–water partition coefficient (Wildman–Crippen LogP) is -0.881. The molecule has 0 spiro atoms. The van der Waals surface area contributed by atoms with Gasteiger partial charge in [0.05, 0.1) is 29.7 Å². The van der Waals surface area contributed by atoms with Crippen LogP contribution in [0.15, 0.2) is 54.6 Å². The van der Waals surface area contributed by atoms with E-state index in [4.69, 9.17) is 11.5 Å². The zero-order valence-electron chi connectivity index (χ0n) is 17.3. The number of hydrogen-bond acceptors (Lipinski definition) is 8. The summed E-state index contributed by atoms with van der Waals surface area (Å²) < 4.78 is 0. The molecule has 2 aromatic rings. The van der Waals surface area contributed by atoms with Gasteiger partial charge in [-0.1, -0.05) is 30.3 Å². The molecular weight excluding hydrogens is 418 g/mol. The molecule has 2 rings (SSSR count). The van der Waals surface area contributed by atoms with Crippen molar-refractivity contribution in [2.75, 3.05) is 13.2 Å². The van der Waals surface area contributed by atoms with E-state index in [1.165, 1.54) is 24.3 Å². The third-order valence-electron chi connectivity index (χ3n) is 4.81. The normalized spacial score (nSPS) is 14.6. The second-order valence-electron chi connectivity index (χ2n) is 7.24. The Bertz CT molecular complexity index is 909. The van der Waals surface area contributed by atoms with Gasteiger partial charge < -0.3 is 32.3 Å². The SMILES string of the molecule is N[C@H](Cc1ccccc1)C(=O)N[C@@H](CO)C(=O)NC[C@H](N)[C@@H](O)c1ccc([N+](=O)[O-])cc1. The number of nitro groups is 1. The summed E-state index contributed by atoms with van der Waals surface area (Å²) in [7, 11) is 0. The first-order valence-electron chi connectivity index (χ1n) is 9.89. The summed E-state index contributed by atoms with van der Waals surface area (Å²) in [5, 5.41) is 35.4. The molecule has 0 saturated carbocycles. The first-order valence-corrected chi connectivity index (χ1v) is 9.89. The number of nitrogens with one attached hydrogen (secondary N) is 2. The maximum atomic E-state index is 12.3. The molecule has 0 heterocycles. The molecular formula is C21H27N5O6. The molecule has 0 aliphatic heterocycles.